The summed E-state index contributed by atoms with van der Waals surface area (Å²) in [4.78, 5) is 0. The minimum Gasteiger partial charge on any atom is -0.395 e. The number of aliphatic hydroxyl groups excluding tert-OH is 1. The normalized spacial score (nSPS) is 23.2. The Bertz CT molecular complexity index is 113. The van der Waals surface area contributed by atoms with Crippen LogP contribution in [0, 0.1) is 0 Å². The molecule has 66 valence electrons. The smallest absolute Gasteiger partial charge is 0.0564 e. The van der Waals surface area contributed by atoms with Gasteiger partial charge >= 0.3 is 0 Å². The second-order valence-electron chi connectivity index (χ2n) is 3.19. The molecule has 0 spiro atoms. The maximum atomic E-state index is 8.97. The lowest BCUT2D eigenvalue weighted by Gasteiger charge is -2.20. The quantitative estimate of drug-likeness (QED) is 0.650. The Morgan fingerprint density at radius 2 is 2.27 bits per heavy atom. The Morgan fingerprint density at radius 1 is 1.64 bits per heavy atom. The number of hydrogen-bond acceptors (Lipinski definition) is 3. The van der Waals surface area contributed by atoms with E-state index in [1.165, 1.54) is 12.8 Å². The summed E-state index contributed by atoms with van der Waals surface area (Å²) in [6, 6.07) is 1.19. The first-order chi connectivity index (χ1) is 5.27. The Kier molecular flexibility index (Phi) is 3.69. The van der Waals surface area contributed by atoms with Crippen molar-refractivity contribution in [3.05, 3.63) is 0 Å². The molecule has 2 unspecified atom stereocenters. The van der Waals surface area contributed by atoms with Crippen LogP contribution in [-0.4, -0.2) is 35.3 Å². The van der Waals surface area contributed by atoms with Crippen molar-refractivity contribution in [1.82, 2.24) is 5.32 Å². The van der Waals surface area contributed by atoms with E-state index in [4.69, 9.17) is 5.11 Å². The molecule has 0 amide bonds. The van der Waals surface area contributed by atoms with Gasteiger partial charge in [-0.15, -0.1) is 0 Å². The lowest BCUT2D eigenvalue weighted by molar-refractivity contribution is 0.275. The number of nitrogens with one attached hydrogen (secondary N) is 1. The first kappa shape index (κ1) is 9.36. The van der Waals surface area contributed by atoms with Gasteiger partial charge in [-0.05, 0) is 26.0 Å². The number of thioether (sulfide) groups is 1. The molecular weight excluding hydrogens is 158 g/mol. The summed E-state index contributed by atoms with van der Waals surface area (Å²) in [5, 5.41) is 12.8. The first-order valence-electron chi connectivity index (χ1n) is 4.17. The predicted octanol–water partition coefficient (Wildman–Crippen LogP) is 0.851. The molecule has 3 heteroatoms. The summed E-state index contributed by atoms with van der Waals surface area (Å²) in [6.45, 7) is 2.43. The molecule has 2 nitrogen and oxygen atoms in total. The van der Waals surface area contributed by atoms with Crippen LogP contribution in [0.5, 0.6) is 0 Å². The van der Waals surface area contributed by atoms with Crippen LogP contribution in [0.15, 0.2) is 0 Å². The molecule has 2 N–H and O–H groups in total. The average Bonchev–Trinajstić information content (AvgIpc) is 2.74. The molecule has 0 aliphatic heterocycles. The van der Waals surface area contributed by atoms with E-state index in [1.807, 2.05) is 6.26 Å². The molecule has 2 atom stereocenters. The van der Waals surface area contributed by atoms with E-state index in [9.17, 15) is 0 Å². The fourth-order valence-corrected chi connectivity index (χ4v) is 1.80. The van der Waals surface area contributed by atoms with Crippen molar-refractivity contribution >= 4 is 11.8 Å². The predicted molar refractivity (Wildman–Crippen MR) is 50.0 cm³/mol. The van der Waals surface area contributed by atoms with Gasteiger partial charge in [-0.3, -0.25) is 0 Å². The van der Waals surface area contributed by atoms with E-state index in [0.717, 1.165) is 6.04 Å². The number of hydrogen-bond donors (Lipinski definition) is 2. The van der Waals surface area contributed by atoms with Crippen LogP contribution in [-0.2, 0) is 0 Å². The second-order valence-corrected chi connectivity index (χ2v) is 4.26. The molecule has 0 radical (unpaired) electrons. The maximum absolute atomic E-state index is 8.97. The zero-order chi connectivity index (χ0) is 8.27. The summed E-state index contributed by atoms with van der Waals surface area (Å²) in [7, 11) is 0. The molecule has 0 aromatic heterocycles. The van der Waals surface area contributed by atoms with Gasteiger partial charge in [0.15, 0.2) is 0 Å². The van der Waals surface area contributed by atoms with Crippen molar-refractivity contribution in [2.45, 2.75) is 37.1 Å². The Morgan fingerprint density at radius 3 is 2.64 bits per heavy atom. The summed E-state index contributed by atoms with van der Waals surface area (Å²) >= 11 is 1.74. The molecule has 1 aliphatic rings. The fourth-order valence-electron chi connectivity index (χ4n) is 1.17. The van der Waals surface area contributed by atoms with Crippen molar-refractivity contribution in [3.63, 3.8) is 0 Å². The minimum atomic E-state index is 0.280. The van der Waals surface area contributed by atoms with Crippen molar-refractivity contribution < 1.29 is 5.11 Å². The second kappa shape index (κ2) is 4.33. The molecule has 0 aromatic carbocycles. The highest BCUT2D eigenvalue weighted by atomic mass is 32.2. The van der Waals surface area contributed by atoms with E-state index < -0.39 is 0 Å². The van der Waals surface area contributed by atoms with Gasteiger partial charge in [-0.1, -0.05) is 0 Å². The molecule has 1 rings (SSSR count). The Labute approximate surface area is 72.8 Å². The van der Waals surface area contributed by atoms with Gasteiger partial charge in [-0.25, -0.2) is 0 Å². The fraction of sp³-hybridized carbons (Fsp3) is 1.00. The highest BCUT2D eigenvalue weighted by Crippen LogP contribution is 2.21. The molecular formula is C8H17NOS. The zero-order valence-corrected chi connectivity index (χ0v) is 8.03. The zero-order valence-electron chi connectivity index (χ0n) is 7.21. The molecule has 0 aromatic rings. The Balaban J connectivity index is 2.18. The van der Waals surface area contributed by atoms with E-state index >= 15 is 0 Å². The summed E-state index contributed by atoms with van der Waals surface area (Å²) in [5.74, 6) is 0. The molecule has 1 aliphatic carbocycles. The lowest BCUT2D eigenvalue weighted by atomic mass is 10.2. The van der Waals surface area contributed by atoms with Crippen LogP contribution in [0.4, 0.5) is 0 Å². The first-order valence-corrected chi connectivity index (χ1v) is 5.46. The van der Waals surface area contributed by atoms with Gasteiger partial charge in [0.25, 0.3) is 0 Å². The van der Waals surface area contributed by atoms with Crippen molar-refractivity contribution in [3.8, 4) is 0 Å². The molecule has 1 saturated carbocycles. The van der Waals surface area contributed by atoms with Crippen LogP contribution >= 0.6 is 11.8 Å². The third kappa shape index (κ3) is 3.01. The Hall–Kier alpha value is 0.270. The summed E-state index contributed by atoms with van der Waals surface area (Å²) in [5.41, 5.74) is 0. The molecule has 0 heterocycles. The van der Waals surface area contributed by atoms with Gasteiger partial charge in [0.2, 0.25) is 0 Å². The minimum absolute atomic E-state index is 0.280. The number of rotatable bonds is 5. The third-order valence-electron chi connectivity index (χ3n) is 2.12. The van der Waals surface area contributed by atoms with Crippen LogP contribution in [0.3, 0.4) is 0 Å². The van der Waals surface area contributed by atoms with Crippen molar-refractivity contribution in [1.29, 1.82) is 0 Å². The van der Waals surface area contributed by atoms with Gasteiger partial charge in [-0.2, -0.15) is 11.8 Å². The van der Waals surface area contributed by atoms with Crippen LogP contribution in [0.25, 0.3) is 0 Å². The average molecular weight is 175 g/mol. The van der Waals surface area contributed by atoms with Gasteiger partial charge < -0.3 is 10.4 Å². The van der Waals surface area contributed by atoms with E-state index in [0.29, 0.717) is 11.3 Å². The topological polar surface area (TPSA) is 32.3 Å². The standard InChI is InChI=1S/C8H17NOS/c1-6(8(5-10)11-2)9-7-3-4-7/h6-10H,3-5H2,1-2H3. The van der Waals surface area contributed by atoms with Gasteiger partial charge in [0, 0.05) is 17.3 Å². The number of aliphatic hydroxyl groups is 1. The van der Waals surface area contributed by atoms with Crippen LogP contribution in [0.1, 0.15) is 19.8 Å². The summed E-state index contributed by atoms with van der Waals surface area (Å²) < 4.78 is 0. The third-order valence-corrected chi connectivity index (χ3v) is 3.28. The van der Waals surface area contributed by atoms with E-state index in [2.05, 4.69) is 12.2 Å². The highest BCUT2D eigenvalue weighted by Gasteiger charge is 2.25. The largest absolute Gasteiger partial charge is 0.395 e. The van der Waals surface area contributed by atoms with Crippen molar-refractivity contribution in [2.24, 2.45) is 0 Å². The molecule has 0 bridgehead atoms. The van der Waals surface area contributed by atoms with Gasteiger partial charge in [0.05, 0.1) is 6.61 Å². The van der Waals surface area contributed by atoms with Gasteiger partial charge in [0.1, 0.15) is 0 Å². The molecule has 11 heavy (non-hydrogen) atoms. The van der Waals surface area contributed by atoms with E-state index in [1.54, 1.807) is 11.8 Å². The highest BCUT2D eigenvalue weighted by molar-refractivity contribution is 7.99. The molecule has 0 saturated heterocycles. The maximum Gasteiger partial charge on any atom is 0.0564 e. The van der Waals surface area contributed by atoms with Crippen molar-refractivity contribution in [2.75, 3.05) is 12.9 Å². The van der Waals surface area contributed by atoms with Crippen LogP contribution < -0.4 is 5.32 Å². The lowest BCUT2D eigenvalue weighted by Crippen LogP contribution is -2.38. The summed E-state index contributed by atoms with van der Waals surface area (Å²) in [6.07, 6.45) is 4.68. The van der Waals surface area contributed by atoms with Crippen LogP contribution in [0.2, 0.25) is 0 Å². The SMILES string of the molecule is CSC(CO)C(C)NC1CC1. The van der Waals surface area contributed by atoms with E-state index in [-0.39, 0.29) is 6.61 Å². The molecule has 1 fully saturated rings. The monoisotopic (exact) mass is 175 g/mol.